The smallest absolute Gasteiger partial charge is 0.277 e. The molecule has 6 nitrogen and oxygen atoms in total. The lowest BCUT2D eigenvalue weighted by atomic mass is 9.88. The Kier molecular flexibility index (Phi) is 4.52. The van der Waals surface area contributed by atoms with E-state index >= 15 is 0 Å². The van der Waals surface area contributed by atoms with Gasteiger partial charge in [0.05, 0.1) is 15.7 Å². The molecule has 3 rings (SSSR count). The maximum Gasteiger partial charge on any atom is 0.277 e. The van der Waals surface area contributed by atoms with Crippen molar-refractivity contribution < 1.29 is 9.59 Å². The highest BCUT2D eigenvalue weighted by Gasteiger charge is 2.28. The minimum atomic E-state index is -0.492. The van der Waals surface area contributed by atoms with Crippen LogP contribution in [0.4, 0.5) is 5.00 Å². The molecule has 8 heteroatoms. The summed E-state index contributed by atoms with van der Waals surface area (Å²) in [7, 11) is 1.77. The van der Waals surface area contributed by atoms with Crippen LogP contribution in [0.2, 0.25) is 0 Å². The average molecular weight is 411 g/mol. The number of rotatable bonds is 3. The van der Waals surface area contributed by atoms with E-state index in [-0.39, 0.29) is 5.91 Å². The van der Waals surface area contributed by atoms with Crippen LogP contribution >= 0.6 is 27.3 Å². The van der Waals surface area contributed by atoms with Gasteiger partial charge in [0.1, 0.15) is 5.00 Å². The van der Waals surface area contributed by atoms with Crippen molar-refractivity contribution in [1.82, 2.24) is 9.78 Å². The van der Waals surface area contributed by atoms with E-state index in [9.17, 15) is 9.59 Å². The summed E-state index contributed by atoms with van der Waals surface area (Å²) in [5, 5.41) is 7.58. The monoisotopic (exact) mass is 410 g/mol. The minimum Gasteiger partial charge on any atom is -0.365 e. The average Bonchev–Trinajstić information content (AvgIpc) is 2.98. The van der Waals surface area contributed by atoms with E-state index in [1.54, 1.807) is 11.7 Å². The van der Waals surface area contributed by atoms with Gasteiger partial charge in [0, 0.05) is 11.9 Å². The summed E-state index contributed by atoms with van der Waals surface area (Å²) in [6.07, 6.45) is 2.78. The Balaban J connectivity index is 1.96. The first-order chi connectivity index (χ1) is 11.3. The van der Waals surface area contributed by atoms with E-state index in [1.807, 2.05) is 6.92 Å². The lowest BCUT2D eigenvalue weighted by Gasteiger charge is -2.18. The lowest BCUT2D eigenvalue weighted by molar-refractivity contribution is 0.1000. The second-order valence-corrected chi connectivity index (χ2v) is 8.14. The Bertz CT molecular complexity index is 840. The number of carbonyl (C=O) groups is 2. The Labute approximate surface area is 152 Å². The normalized spacial score (nSPS) is 16.8. The van der Waals surface area contributed by atoms with Gasteiger partial charge < -0.3 is 11.1 Å². The number of thiophene rings is 1. The van der Waals surface area contributed by atoms with Gasteiger partial charge in [-0.05, 0) is 53.6 Å². The molecule has 2 aromatic rings. The topological polar surface area (TPSA) is 90.0 Å². The molecule has 0 aromatic carbocycles. The van der Waals surface area contributed by atoms with Crippen LogP contribution in [0.1, 0.15) is 50.3 Å². The molecule has 3 N–H and O–H groups in total. The van der Waals surface area contributed by atoms with Crippen molar-refractivity contribution in [2.75, 3.05) is 5.32 Å². The van der Waals surface area contributed by atoms with Crippen molar-refractivity contribution in [2.45, 2.75) is 33.1 Å². The summed E-state index contributed by atoms with van der Waals surface area (Å²) >= 11 is 4.85. The first kappa shape index (κ1) is 17.2. The number of nitrogens with two attached hydrogens (primary N) is 1. The molecule has 0 saturated heterocycles. The Morgan fingerprint density at radius 3 is 2.75 bits per heavy atom. The summed E-state index contributed by atoms with van der Waals surface area (Å²) in [4.78, 5) is 25.7. The van der Waals surface area contributed by atoms with Crippen molar-refractivity contribution in [3.8, 4) is 0 Å². The molecule has 2 heterocycles. The number of hydrogen-bond donors (Lipinski definition) is 2. The molecule has 1 unspecified atom stereocenters. The zero-order valence-electron chi connectivity index (χ0n) is 13.8. The molecule has 1 aliphatic carbocycles. The van der Waals surface area contributed by atoms with Crippen LogP contribution in [0.3, 0.4) is 0 Å². The van der Waals surface area contributed by atoms with Crippen LogP contribution in [0.25, 0.3) is 0 Å². The third kappa shape index (κ3) is 2.88. The van der Waals surface area contributed by atoms with Crippen molar-refractivity contribution in [2.24, 2.45) is 18.7 Å². The number of anilines is 1. The number of aryl methyl sites for hydroxylation is 1. The summed E-state index contributed by atoms with van der Waals surface area (Å²) in [6.45, 7) is 4.06. The van der Waals surface area contributed by atoms with E-state index in [2.05, 4.69) is 33.3 Å². The number of amides is 2. The molecule has 2 aromatic heterocycles. The molecular weight excluding hydrogens is 392 g/mol. The first-order valence-electron chi connectivity index (χ1n) is 7.74. The summed E-state index contributed by atoms with van der Waals surface area (Å²) in [5.74, 6) is -0.263. The quantitative estimate of drug-likeness (QED) is 0.814. The van der Waals surface area contributed by atoms with Gasteiger partial charge in [-0.3, -0.25) is 14.3 Å². The van der Waals surface area contributed by atoms with Gasteiger partial charge in [0.25, 0.3) is 11.8 Å². The third-order valence-electron chi connectivity index (χ3n) is 4.46. The number of halogens is 1. The van der Waals surface area contributed by atoms with Crippen LogP contribution in [0.15, 0.2) is 4.47 Å². The maximum atomic E-state index is 12.6. The second kappa shape index (κ2) is 6.33. The van der Waals surface area contributed by atoms with Gasteiger partial charge in [-0.1, -0.05) is 6.92 Å². The minimum absolute atomic E-state index is 0.296. The number of carbonyl (C=O) groups excluding carboxylic acids is 2. The molecule has 2 amide bonds. The molecule has 1 aliphatic rings. The lowest BCUT2D eigenvalue weighted by Crippen LogP contribution is -2.19. The van der Waals surface area contributed by atoms with Gasteiger partial charge >= 0.3 is 0 Å². The maximum absolute atomic E-state index is 12.6. The summed E-state index contributed by atoms with van der Waals surface area (Å²) < 4.78 is 2.29. The predicted octanol–water partition coefficient (Wildman–Crippen LogP) is 3.03. The molecule has 0 aliphatic heterocycles. The zero-order valence-corrected chi connectivity index (χ0v) is 16.2. The van der Waals surface area contributed by atoms with E-state index in [0.29, 0.717) is 26.6 Å². The van der Waals surface area contributed by atoms with Crippen molar-refractivity contribution in [3.63, 3.8) is 0 Å². The van der Waals surface area contributed by atoms with Gasteiger partial charge in [-0.2, -0.15) is 5.10 Å². The van der Waals surface area contributed by atoms with Gasteiger partial charge in [-0.25, -0.2) is 0 Å². The number of aromatic nitrogens is 2. The number of nitrogens with zero attached hydrogens (tertiary/aromatic N) is 2. The van der Waals surface area contributed by atoms with E-state index in [0.717, 1.165) is 35.4 Å². The molecule has 1 atom stereocenters. The molecule has 0 saturated carbocycles. The van der Waals surface area contributed by atoms with E-state index in [4.69, 9.17) is 5.73 Å². The number of fused-ring (bicyclic) bond motifs is 1. The van der Waals surface area contributed by atoms with Crippen LogP contribution in [0.5, 0.6) is 0 Å². The summed E-state index contributed by atoms with van der Waals surface area (Å²) in [6, 6.07) is 0. The van der Waals surface area contributed by atoms with Crippen molar-refractivity contribution >= 4 is 44.1 Å². The largest absolute Gasteiger partial charge is 0.365 e. The predicted molar refractivity (Wildman–Crippen MR) is 97.6 cm³/mol. The fourth-order valence-corrected chi connectivity index (χ4v) is 4.92. The molecule has 0 bridgehead atoms. The Hall–Kier alpha value is -1.67. The van der Waals surface area contributed by atoms with Gasteiger partial charge in [0.2, 0.25) is 0 Å². The molecule has 0 radical (unpaired) electrons. The molecule has 128 valence electrons. The van der Waals surface area contributed by atoms with E-state index < -0.39 is 5.91 Å². The Morgan fingerprint density at radius 1 is 1.46 bits per heavy atom. The Morgan fingerprint density at radius 2 is 2.17 bits per heavy atom. The van der Waals surface area contributed by atoms with Crippen molar-refractivity contribution in [1.29, 1.82) is 0 Å². The SMILES string of the molecule is Cc1c(Br)c(C(=O)Nc2sc3c(c2C(N)=O)CCC(C)C3)nn1C. The first-order valence-corrected chi connectivity index (χ1v) is 9.35. The standard InChI is InChI=1S/C16H19BrN4O2S/c1-7-4-5-9-10(6-7)24-16(11(9)14(18)22)19-15(23)13-12(17)8(2)21(3)20-13/h7H,4-6H2,1-3H3,(H2,18,22)(H,19,23). The van der Waals surface area contributed by atoms with Gasteiger partial charge in [0.15, 0.2) is 5.69 Å². The third-order valence-corrected chi connectivity index (χ3v) is 6.58. The molecule has 0 spiro atoms. The number of hydrogen-bond acceptors (Lipinski definition) is 4. The fraction of sp³-hybridized carbons (Fsp3) is 0.438. The van der Waals surface area contributed by atoms with Crippen LogP contribution in [0, 0.1) is 12.8 Å². The highest BCUT2D eigenvalue weighted by molar-refractivity contribution is 9.10. The second-order valence-electron chi connectivity index (χ2n) is 6.25. The summed E-state index contributed by atoms with van der Waals surface area (Å²) in [5.41, 5.74) is 8.19. The molecule has 0 fully saturated rings. The van der Waals surface area contributed by atoms with Crippen LogP contribution in [-0.2, 0) is 19.9 Å². The molecular formula is C16H19BrN4O2S. The van der Waals surface area contributed by atoms with Crippen molar-refractivity contribution in [3.05, 3.63) is 31.9 Å². The van der Waals surface area contributed by atoms with Gasteiger partial charge in [-0.15, -0.1) is 11.3 Å². The van der Waals surface area contributed by atoms with E-state index in [1.165, 1.54) is 11.3 Å². The molecule has 24 heavy (non-hydrogen) atoms. The van der Waals surface area contributed by atoms with Crippen LogP contribution < -0.4 is 11.1 Å². The van der Waals surface area contributed by atoms with Crippen LogP contribution in [-0.4, -0.2) is 21.6 Å². The number of nitrogens with one attached hydrogen (secondary N) is 1. The zero-order chi connectivity index (χ0) is 17.6. The fourth-order valence-electron chi connectivity index (χ4n) is 2.99. The highest BCUT2D eigenvalue weighted by Crippen LogP contribution is 2.39. The highest BCUT2D eigenvalue weighted by atomic mass is 79.9. The number of primary amides is 1.